The van der Waals surface area contributed by atoms with E-state index in [2.05, 4.69) is 34.6 Å². The van der Waals surface area contributed by atoms with Crippen molar-refractivity contribution in [3.8, 4) is 0 Å². The minimum atomic E-state index is 0.712. The Hall–Kier alpha value is 0.01000. The molecule has 0 aliphatic carbocycles. The third-order valence-corrected chi connectivity index (χ3v) is 4.19. The summed E-state index contributed by atoms with van der Waals surface area (Å²) >= 11 is 3.94. The molecule has 0 aromatic carbocycles. The molecule has 0 saturated carbocycles. The molecule has 11 heavy (non-hydrogen) atoms. The fourth-order valence-corrected chi connectivity index (χ4v) is 3.33. The molecule has 1 saturated heterocycles. The molecule has 1 aromatic heterocycles. The Labute approximate surface area is 75.2 Å². The van der Waals surface area contributed by atoms with Gasteiger partial charge in [-0.05, 0) is 11.4 Å². The van der Waals surface area contributed by atoms with E-state index in [1.54, 1.807) is 0 Å². The maximum absolute atomic E-state index is 3.41. The third-order valence-electron chi connectivity index (χ3n) is 1.79. The molecular formula is C8H11NS2. The van der Waals surface area contributed by atoms with E-state index in [4.69, 9.17) is 0 Å². The van der Waals surface area contributed by atoms with Crippen LogP contribution in [0.5, 0.6) is 0 Å². The molecule has 1 aromatic rings. The van der Waals surface area contributed by atoms with Crippen molar-refractivity contribution in [2.75, 3.05) is 18.8 Å². The van der Waals surface area contributed by atoms with Crippen molar-refractivity contribution in [3.63, 3.8) is 0 Å². The second-order valence-corrected chi connectivity index (χ2v) is 4.87. The van der Waals surface area contributed by atoms with Gasteiger partial charge in [0.1, 0.15) is 0 Å². The van der Waals surface area contributed by atoms with Crippen LogP contribution in [0.2, 0.25) is 0 Å². The van der Waals surface area contributed by atoms with E-state index < -0.39 is 0 Å². The molecule has 1 atom stereocenters. The van der Waals surface area contributed by atoms with Crippen molar-refractivity contribution in [2.45, 2.75) is 5.25 Å². The smallest absolute Gasteiger partial charge is 0.0516 e. The monoisotopic (exact) mass is 185 g/mol. The topological polar surface area (TPSA) is 12.0 Å². The largest absolute Gasteiger partial charge is 0.314 e. The van der Waals surface area contributed by atoms with Crippen LogP contribution in [0.1, 0.15) is 10.1 Å². The molecule has 1 aliphatic heterocycles. The van der Waals surface area contributed by atoms with Crippen molar-refractivity contribution in [1.82, 2.24) is 5.32 Å². The van der Waals surface area contributed by atoms with Gasteiger partial charge in [-0.15, -0.1) is 11.3 Å². The predicted octanol–water partition coefficient (Wildman–Crippen LogP) is 2.13. The van der Waals surface area contributed by atoms with Crippen LogP contribution >= 0.6 is 23.1 Å². The van der Waals surface area contributed by atoms with Gasteiger partial charge >= 0.3 is 0 Å². The first-order valence-electron chi connectivity index (χ1n) is 3.82. The summed E-state index contributed by atoms with van der Waals surface area (Å²) in [5.41, 5.74) is 0. The lowest BCUT2D eigenvalue weighted by atomic mass is 10.3. The normalized spacial score (nSPS) is 25.3. The number of nitrogens with one attached hydrogen (secondary N) is 1. The molecule has 0 spiro atoms. The lowest BCUT2D eigenvalue weighted by Gasteiger charge is -2.20. The van der Waals surface area contributed by atoms with Gasteiger partial charge in [-0.25, -0.2) is 0 Å². The average molecular weight is 185 g/mol. The zero-order valence-corrected chi connectivity index (χ0v) is 7.88. The summed E-state index contributed by atoms with van der Waals surface area (Å²) in [5, 5.41) is 6.28. The Kier molecular flexibility index (Phi) is 2.51. The van der Waals surface area contributed by atoms with Gasteiger partial charge in [-0.1, -0.05) is 6.07 Å². The number of hydrogen-bond donors (Lipinski definition) is 1. The fraction of sp³-hybridized carbons (Fsp3) is 0.500. The molecule has 0 radical (unpaired) electrons. The zero-order valence-electron chi connectivity index (χ0n) is 6.25. The first-order valence-corrected chi connectivity index (χ1v) is 5.75. The molecule has 1 fully saturated rings. The first kappa shape index (κ1) is 7.65. The third kappa shape index (κ3) is 1.78. The van der Waals surface area contributed by atoms with E-state index in [0.29, 0.717) is 5.25 Å². The van der Waals surface area contributed by atoms with Crippen molar-refractivity contribution >= 4 is 23.1 Å². The summed E-state index contributed by atoms with van der Waals surface area (Å²) in [7, 11) is 0. The van der Waals surface area contributed by atoms with E-state index in [0.717, 1.165) is 6.54 Å². The highest BCUT2D eigenvalue weighted by Crippen LogP contribution is 2.32. The first-order chi connectivity index (χ1) is 5.47. The molecule has 2 rings (SSSR count). The van der Waals surface area contributed by atoms with Gasteiger partial charge in [-0.2, -0.15) is 11.8 Å². The van der Waals surface area contributed by atoms with Gasteiger partial charge in [-0.3, -0.25) is 0 Å². The fourth-order valence-electron chi connectivity index (χ4n) is 1.22. The maximum atomic E-state index is 3.41. The van der Waals surface area contributed by atoms with Gasteiger partial charge in [0, 0.05) is 23.7 Å². The second kappa shape index (κ2) is 3.61. The second-order valence-electron chi connectivity index (χ2n) is 2.58. The van der Waals surface area contributed by atoms with E-state index >= 15 is 0 Å². The van der Waals surface area contributed by atoms with Crippen LogP contribution in [0.3, 0.4) is 0 Å². The van der Waals surface area contributed by atoms with Gasteiger partial charge in [0.2, 0.25) is 0 Å². The van der Waals surface area contributed by atoms with Crippen LogP contribution in [0.25, 0.3) is 0 Å². The van der Waals surface area contributed by atoms with Gasteiger partial charge in [0.15, 0.2) is 0 Å². The molecule has 60 valence electrons. The Bertz CT molecular complexity index is 202. The standard InChI is InChI=1S/C8H11NS2/c1-2-7(10-4-1)8-6-9-3-5-11-8/h1-2,4,8-9H,3,5-6H2. The average Bonchev–Trinajstić information content (AvgIpc) is 2.58. The van der Waals surface area contributed by atoms with E-state index in [-0.39, 0.29) is 0 Å². The van der Waals surface area contributed by atoms with Gasteiger partial charge < -0.3 is 5.32 Å². The summed E-state index contributed by atoms with van der Waals surface area (Å²) in [6.45, 7) is 2.32. The van der Waals surface area contributed by atoms with Crippen molar-refractivity contribution in [1.29, 1.82) is 0 Å². The highest BCUT2D eigenvalue weighted by Gasteiger charge is 2.15. The molecule has 2 heterocycles. The van der Waals surface area contributed by atoms with E-state index in [1.807, 2.05) is 11.3 Å². The van der Waals surface area contributed by atoms with E-state index in [1.165, 1.54) is 17.2 Å². The van der Waals surface area contributed by atoms with Crippen LogP contribution in [0.15, 0.2) is 17.5 Å². The lowest BCUT2D eigenvalue weighted by Crippen LogP contribution is -2.27. The van der Waals surface area contributed by atoms with Crippen LogP contribution in [-0.2, 0) is 0 Å². The molecule has 0 amide bonds. The van der Waals surface area contributed by atoms with E-state index in [9.17, 15) is 0 Å². The molecule has 1 N–H and O–H groups in total. The number of rotatable bonds is 1. The number of thiophene rings is 1. The Morgan fingerprint density at radius 3 is 3.18 bits per heavy atom. The molecule has 1 unspecified atom stereocenters. The minimum Gasteiger partial charge on any atom is -0.314 e. The molecule has 3 heteroatoms. The Morgan fingerprint density at radius 2 is 2.55 bits per heavy atom. The number of thioether (sulfide) groups is 1. The molecule has 0 bridgehead atoms. The molecule has 1 nitrogen and oxygen atoms in total. The summed E-state index contributed by atoms with van der Waals surface area (Å²) in [5.74, 6) is 1.25. The quantitative estimate of drug-likeness (QED) is 0.719. The Morgan fingerprint density at radius 1 is 1.55 bits per heavy atom. The molecule has 1 aliphatic rings. The highest BCUT2D eigenvalue weighted by atomic mass is 32.2. The predicted molar refractivity (Wildman–Crippen MR) is 52.4 cm³/mol. The van der Waals surface area contributed by atoms with Crippen molar-refractivity contribution < 1.29 is 0 Å². The van der Waals surface area contributed by atoms with Gasteiger partial charge in [0.25, 0.3) is 0 Å². The van der Waals surface area contributed by atoms with Crippen molar-refractivity contribution in [3.05, 3.63) is 22.4 Å². The SMILES string of the molecule is c1csc(C2CNCCS2)c1. The zero-order chi connectivity index (χ0) is 7.52. The van der Waals surface area contributed by atoms with Crippen LogP contribution in [0, 0.1) is 0 Å². The lowest BCUT2D eigenvalue weighted by molar-refractivity contribution is 0.694. The van der Waals surface area contributed by atoms with Crippen LogP contribution in [-0.4, -0.2) is 18.8 Å². The maximum Gasteiger partial charge on any atom is 0.0516 e. The Balaban J connectivity index is 2.04. The summed E-state index contributed by atoms with van der Waals surface area (Å²) in [6.07, 6.45) is 0. The minimum absolute atomic E-state index is 0.712. The van der Waals surface area contributed by atoms with Crippen LogP contribution in [0.4, 0.5) is 0 Å². The summed E-state index contributed by atoms with van der Waals surface area (Å²) < 4.78 is 0. The highest BCUT2D eigenvalue weighted by molar-refractivity contribution is 7.99. The summed E-state index contributed by atoms with van der Waals surface area (Å²) in [4.78, 5) is 1.52. The van der Waals surface area contributed by atoms with Crippen molar-refractivity contribution in [2.24, 2.45) is 0 Å². The van der Waals surface area contributed by atoms with Crippen LogP contribution < -0.4 is 5.32 Å². The van der Waals surface area contributed by atoms with Gasteiger partial charge in [0.05, 0.1) is 5.25 Å². The summed E-state index contributed by atoms with van der Waals surface area (Å²) in [6, 6.07) is 4.37. The number of hydrogen-bond acceptors (Lipinski definition) is 3. The molecular weight excluding hydrogens is 174 g/mol.